The fourth-order valence-electron chi connectivity index (χ4n) is 3.45. The maximum Gasteiger partial charge on any atom is 0.272 e. The number of hydrogen-bond donors (Lipinski definition) is 1. The number of aromatic nitrogens is 2. The molecule has 0 spiro atoms. The van der Waals surface area contributed by atoms with E-state index in [0.717, 1.165) is 56.5 Å². The van der Waals surface area contributed by atoms with E-state index in [9.17, 15) is 4.79 Å². The molecule has 8 heteroatoms. The highest BCUT2D eigenvalue weighted by atomic mass is 16.7. The second kappa shape index (κ2) is 8.65. The van der Waals surface area contributed by atoms with Gasteiger partial charge in [0.2, 0.25) is 6.79 Å². The van der Waals surface area contributed by atoms with Crippen molar-refractivity contribution in [1.29, 1.82) is 0 Å². The number of piperazine rings is 1. The molecule has 0 bridgehead atoms. The number of amides is 1. The first-order chi connectivity index (χ1) is 14.1. The Labute approximate surface area is 170 Å². The van der Waals surface area contributed by atoms with Crippen molar-refractivity contribution in [2.45, 2.75) is 32.9 Å². The van der Waals surface area contributed by atoms with Gasteiger partial charge in [-0.25, -0.2) is 0 Å². The van der Waals surface area contributed by atoms with Gasteiger partial charge in [0.15, 0.2) is 23.0 Å². The number of fused-ring (bicyclic) bond motifs is 1. The number of carbonyl (C=O) groups excluding carboxylic acids is 1. The van der Waals surface area contributed by atoms with E-state index in [1.807, 2.05) is 26.0 Å². The van der Waals surface area contributed by atoms with Gasteiger partial charge in [-0.3, -0.25) is 9.69 Å². The smallest absolute Gasteiger partial charge is 0.272 e. The summed E-state index contributed by atoms with van der Waals surface area (Å²) in [5.41, 5.74) is 1.58. The highest BCUT2D eigenvalue weighted by molar-refractivity contribution is 5.92. The number of carbonyl (C=O) groups is 1. The molecule has 1 atom stereocenters. The van der Waals surface area contributed by atoms with Crippen LogP contribution in [-0.2, 0) is 6.54 Å². The Hall–Kier alpha value is -2.87. The summed E-state index contributed by atoms with van der Waals surface area (Å²) in [5.74, 6) is 2.28. The third-order valence-corrected chi connectivity index (χ3v) is 5.41. The Balaban J connectivity index is 1.29. The molecular formula is C21H27N5O3. The SMILES string of the molecule is CCC(C)NC(=O)c1ccc(N2CCN(Cc3ccc4c(c3)OCO4)CC2)nn1. The van der Waals surface area contributed by atoms with Gasteiger partial charge in [0.1, 0.15) is 0 Å². The number of benzene rings is 1. The molecule has 154 valence electrons. The largest absolute Gasteiger partial charge is 0.454 e. The van der Waals surface area contributed by atoms with E-state index >= 15 is 0 Å². The lowest BCUT2D eigenvalue weighted by molar-refractivity contribution is 0.0933. The molecule has 1 unspecified atom stereocenters. The average Bonchev–Trinajstić information content (AvgIpc) is 3.22. The van der Waals surface area contributed by atoms with E-state index in [1.165, 1.54) is 5.56 Å². The third-order valence-electron chi connectivity index (χ3n) is 5.41. The number of hydrogen-bond acceptors (Lipinski definition) is 7. The monoisotopic (exact) mass is 397 g/mol. The summed E-state index contributed by atoms with van der Waals surface area (Å²) in [5, 5.41) is 11.3. The minimum Gasteiger partial charge on any atom is -0.454 e. The predicted octanol–water partition coefficient (Wildman–Crippen LogP) is 2.06. The van der Waals surface area contributed by atoms with E-state index in [1.54, 1.807) is 6.07 Å². The van der Waals surface area contributed by atoms with Crippen LogP contribution < -0.4 is 19.7 Å². The van der Waals surface area contributed by atoms with E-state index in [4.69, 9.17) is 9.47 Å². The zero-order valence-electron chi connectivity index (χ0n) is 16.9. The summed E-state index contributed by atoms with van der Waals surface area (Å²) >= 11 is 0. The van der Waals surface area contributed by atoms with Crippen molar-refractivity contribution in [3.63, 3.8) is 0 Å². The first kappa shape index (κ1) is 19.4. The number of nitrogens with zero attached hydrogens (tertiary/aromatic N) is 4. The highest BCUT2D eigenvalue weighted by Crippen LogP contribution is 2.32. The molecule has 3 heterocycles. The van der Waals surface area contributed by atoms with E-state index in [2.05, 4.69) is 37.4 Å². The van der Waals surface area contributed by atoms with Gasteiger partial charge in [-0.2, -0.15) is 0 Å². The van der Waals surface area contributed by atoms with Crippen molar-refractivity contribution in [3.05, 3.63) is 41.6 Å². The fraction of sp³-hybridized carbons (Fsp3) is 0.476. The van der Waals surface area contributed by atoms with Crippen molar-refractivity contribution < 1.29 is 14.3 Å². The van der Waals surface area contributed by atoms with Crippen LogP contribution in [0.15, 0.2) is 30.3 Å². The lowest BCUT2D eigenvalue weighted by Gasteiger charge is -2.35. The van der Waals surface area contributed by atoms with Crippen LogP contribution in [0, 0.1) is 0 Å². The van der Waals surface area contributed by atoms with Gasteiger partial charge in [-0.1, -0.05) is 13.0 Å². The van der Waals surface area contributed by atoms with Crippen molar-refractivity contribution in [2.24, 2.45) is 0 Å². The van der Waals surface area contributed by atoms with Crippen LogP contribution in [0.1, 0.15) is 36.3 Å². The van der Waals surface area contributed by atoms with Gasteiger partial charge in [0.05, 0.1) is 0 Å². The molecule has 0 radical (unpaired) electrons. The number of nitrogens with one attached hydrogen (secondary N) is 1. The molecule has 2 aliphatic rings. The lowest BCUT2D eigenvalue weighted by Crippen LogP contribution is -2.46. The normalized spacial score (nSPS) is 17.2. The van der Waals surface area contributed by atoms with Crippen molar-refractivity contribution >= 4 is 11.7 Å². The van der Waals surface area contributed by atoms with Gasteiger partial charge in [0.25, 0.3) is 5.91 Å². The number of ether oxygens (including phenoxy) is 2. The molecule has 0 aliphatic carbocycles. The lowest BCUT2D eigenvalue weighted by atomic mass is 10.1. The number of rotatable bonds is 6. The molecule has 1 saturated heterocycles. The first-order valence-electron chi connectivity index (χ1n) is 10.1. The molecule has 1 N–H and O–H groups in total. The molecule has 4 rings (SSSR count). The molecule has 1 amide bonds. The predicted molar refractivity (Wildman–Crippen MR) is 109 cm³/mol. The van der Waals surface area contributed by atoms with Gasteiger partial charge in [0, 0.05) is 38.8 Å². The Kier molecular flexibility index (Phi) is 5.80. The Morgan fingerprint density at radius 1 is 1.10 bits per heavy atom. The second-order valence-corrected chi connectivity index (χ2v) is 7.51. The maximum atomic E-state index is 12.1. The Bertz CT molecular complexity index is 850. The molecule has 0 saturated carbocycles. The standard InChI is InChI=1S/C21H27N5O3/c1-3-15(2)22-21(27)17-5-7-20(24-23-17)26-10-8-25(9-11-26)13-16-4-6-18-19(12-16)29-14-28-18/h4-7,12,15H,3,8-11,13-14H2,1-2H3,(H,22,27). The summed E-state index contributed by atoms with van der Waals surface area (Å²) in [7, 11) is 0. The molecule has 1 fully saturated rings. The molecule has 1 aromatic heterocycles. The molecular weight excluding hydrogens is 370 g/mol. The summed E-state index contributed by atoms with van der Waals surface area (Å²) in [6, 6.07) is 9.88. The molecule has 2 aliphatic heterocycles. The third kappa shape index (κ3) is 4.59. The van der Waals surface area contributed by atoms with E-state index in [-0.39, 0.29) is 11.9 Å². The summed E-state index contributed by atoms with van der Waals surface area (Å²) in [4.78, 5) is 16.8. The van der Waals surface area contributed by atoms with Gasteiger partial charge < -0.3 is 19.7 Å². The summed E-state index contributed by atoms with van der Waals surface area (Å²) in [6.45, 7) is 8.81. The Morgan fingerprint density at radius 3 is 2.62 bits per heavy atom. The van der Waals surface area contributed by atoms with Crippen LogP contribution in [0.3, 0.4) is 0 Å². The maximum absolute atomic E-state index is 12.1. The fourth-order valence-corrected chi connectivity index (χ4v) is 3.45. The van der Waals surface area contributed by atoms with E-state index < -0.39 is 0 Å². The quantitative estimate of drug-likeness (QED) is 0.799. The molecule has 1 aromatic carbocycles. The topological polar surface area (TPSA) is 79.8 Å². The van der Waals surface area contributed by atoms with Gasteiger partial charge in [-0.05, 0) is 43.2 Å². The molecule has 2 aromatic rings. The van der Waals surface area contributed by atoms with Crippen LogP contribution in [0.5, 0.6) is 11.5 Å². The van der Waals surface area contributed by atoms with Crippen molar-refractivity contribution in [1.82, 2.24) is 20.4 Å². The minimum absolute atomic E-state index is 0.127. The molecule has 8 nitrogen and oxygen atoms in total. The van der Waals surface area contributed by atoms with Crippen LogP contribution >= 0.6 is 0 Å². The zero-order valence-corrected chi connectivity index (χ0v) is 16.9. The van der Waals surface area contributed by atoms with Gasteiger partial charge in [-0.15, -0.1) is 10.2 Å². The van der Waals surface area contributed by atoms with Crippen molar-refractivity contribution in [3.8, 4) is 11.5 Å². The van der Waals surface area contributed by atoms with Crippen LogP contribution in [0.2, 0.25) is 0 Å². The summed E-state index contributed by atoms with van der Waals surface area (Å²) < 4.78 is 10.8. The number of anilines is 1. The summed E-state index contributed by atoms with van der Waals surface area (Å²) in [6.07, 6.45) is 0.883. The van der Waals surface area contributed by atoms with Crippen LogP contribution in [0.25, 0.3) is 0 Å². The Morgan fingerprint density at radius 2 is 1.90 bits per heavy atom. The minimum atomic E-state index is -0.174. The second-order valence-electron chi connectivity index (χ2n) is 7.51. The van der Waals surface area contributed by atoms with E-state index in [0.29, 0.717) is 12.5 Å². The highest BCUT2D eigenvalue weighted by Gasteiger charge is 2.20. The van der Waals surface area contributed by atoms with Crippen LogP contribution in [-0.4, -0.2) is 60.0 Å². The van der Waals surface area contributed by atoms with Crippen molar-refractivity contribution in [2.75, 3.05) is 37.9 Å². The zero-order chi connectivity index (χ0) is 20.2. The molecule has 29 heavy (non-hydrogen) atoms. The van der Waals surface area contributed by atoms with Gasteiger partial charge >= 0.3 is 0 Å². The average molecular weight is 397 g/mol. The van der Waals surface area contributed by atoms with Crippen LogP contribution in [0.4, 0.5) is 5.82 Å². The first-order valence-corrected chi connectivity index (χ1v) is 10.1.